The summed E-state index contributed by atoms with van der Waals surface area (Å²) in [5, 5.41) is 12.0. The van der Waals surface area contributed by atoms with Gasteiger partial charge < -0.3 is 5.11 Å². The van der Waals surface area contributed by atoms with Crippen molar-refractivity contribution in [2.75, 3.05) is 0 Å². The van der Waals surface area contributed by atoms with Crippen LogP contribution in [0, 0.1) is 6.92 Å². The maximum Gasteiger partial charge on any atom is 0.122 e. The Balaban J connectivity index is 2.32. The molecule has 0 radical (unpaired) electrons. The summed E-state index contributed by atoms with van der Waals surface area (Å²) in [6.45, 7) is 2.03. The molecule has 2 aromatic heterocycles. The second-order valence-corrected chi connectivity index (χ2v) is 6.40. The summed E-state index contributed by atoms with van der Waals surface area (Å²) in [7, 11) is 0. The van der Waals surface area contributed by atoms with Crippen LogP contribution in [0.3, 0.4) is 0 Å². The van der Waals surface area contributed by atoms with Crippen LogP contribution in [0.2, 0.25) is 0 Å². The van der Waals surface area contributed by atoms with E-state index in [-0.39, 0.29) is 0 Å². The molecular formula is C10H9BrOS2. The molecule has 1 nitrogen and oxygen atoms in total. The summed E-state index contributed by atoms with van der Waals surface area (Å²) < 4.78 is 1.10. The second-order valence-electron chi connectivity index (χ2n) is 3.02. The van der Waals surface area contributed by atoms with E-state index in [4.69, 9.17) is 0 Å². The van der Waals surface area contributed by atoms with Crippen LogP contribution >= 0.6 is 38.6 Å². The molecule has 0 spiro atoms. The van der Waals surface area contributed by atoms with E-state index < -0.39 is 6.10 Å². The molecule has 2 heterocycles. The van der Waals surface area contributed by atoms with Crippen molar-refractivity contribution in [3.63, 3.8) is 0 Å². The normalized spacial score (nSPS) is 13.1. The van der Waals surface area contributed by atoms with Crippen molar-refractivity contribution in [1.29, 1.82) is 0 Å². The molecule has 0 aromatic carbocycles. The van der Waals surface area contributed by atoms with Crippen LogP contribution in [0.1, 0.15) is 21.4 Å². The highest BCUT2D eigenvalue weighted by Gasteiger charge is 2.14. The summed E-state index contributed by atoms with van der Waals surface area (Å²) in [6.07, 6.45) is -0.468. The average Bonchev–Trinajstić information content (AvgIpc) is 2.76. The lowest BCUT2D eigenvalue weighted by Crippen LogP contribution is -1.92. The molecule has 1 N–H and O–H groups in total. The van der Waals surface area contributed by atoms with E-state index in [2.05, 4.69) is 15.9 Å². The van der Waals surface area contributed by atoms with Gasteiger partial charge in [0.15, 0.2) is 0 Å². The zero-order valence-corrected chi connectivity index (χ0v) is 10.7. The molecule has 1 atom stereocenters. The predicted octanol–water partition coefficient (Wildman–Crippen LogP) is 3.96. The summed E-state index contributed by atoms with van der Waals surface area (Å²) >= 11 is 6.63. The van der Waals surface area contributed by atoms with E-state index in [1.807, 2.05) is 30.5 Å². The smallest absolute Gasteiger partial charge is 0.122 e. The van der Waals surface area contributed by atoms with Crippen LogP contribution < -0.4 is 0 Å². The topological polar surface area (TPSA) is 20.2 Å². The van der Waals surface area contributed by atoms with Crippen molar-refractivity contribution in [1.82, 2.24) is 0 Å². The van der Waals surface area contributed by atoms with E-state index >= 15 is 0 Å². The van der Waals surface area contributed by atoms with Crippen LogP contribution in [0.15, 0.2) is 27.4 Å². The van der Waals surface area contributed by atoms with Gasteiger partial charge in [-0.05, 0) is 45.9 Å². The molecule has 0 bridgehead atoms. The number of aliphatic hydroxyl groups excluding tert-OH is 1. The molecule has 0 saturated heterocycles. The van der Waals surface area contributed by atoms with Gasteiger partial charge in [0.05, 0.1) is 3.79 Å². The van der Waals surface area contributed by atoms with Gasteiger partial charge in [0, 0.05) is 9.75 Å². The van der Waals surface area contributed by atoms with Gasteiger partial charge in [-0.3, -0.25) is 0 Å². The molecule has 2 aromatic rings. The Morgan fingerprint density at radius 1 is 1.43 bits per heavy atom. The Morgan fingerprint density at radius 3 is 2.71 bits per heavy atom. The Hall–Kier alpha value is -0.160. The third kappa shape index (κ3) is 1.93. The zero-order chi connectivity index (χ0) is 10.1. The van der Waals surface area contributed by atoms with E-state index in [0.717, 1.165) is 13.5 Å². The molecule has 0 aliphatic carbocycles. The molecular weight excluding hydrogens is 280 g/mol. The van der Waals surface area contributed by atoms with Crippen LogP contribution in [0.4, 0.5) is 0 Å². The lowest BCUT2D eigenvalue weighted by Gasteiger charge is -2.04. The molecule has 0 amide bonds. The Morgan fingerprint density at radius 2 is 2.21 bits per heavy atom. The maximum absolute atomic E-state index is 10.0. The van der Waals surface area contributed by atoms with Gasteiger partial charge in [0.1, 0.15) is 6.10 Å². The first-order chi connectivity index (χ1) is 6.68. The van der Waals surface area contributed by atoms with Gasteiger partial charge in [-0.1, -0.05) is 6.07 Å². The van der Waals surface area contributed by atoms with Crippen molar-refractivity contribution in [2.45, 2.75) is 13.0 Å². The van der Waals surface area contributed by atoms with Crippen LogP contribution in [0.5, 0.6) is 0 Å². The van der Waals surface area contributed by atoms with Crippen molar-refractivity contribution in [3.05, 3.63) is 42.7 Å². The monoisotopic (exact) mass is 288 g/mol. The molecule has 1 unspecified atom stereocenters. The summed E-state index contributed by atoms with van der Waals surface area (Å²) in [5.74, 6) is 0. The highest BCUT2D eigenvalue weighted by molar-refractivity contribution is 9.11. The van der Waals surface area contributed by atoms with Gasteiger partial charge in [0.2, 0.25) is 0 Å². The highest BCUT2D eigenvalue weighted by atomic mass is 79.9. The molecule has 0 saturated carbocycles. The van der Waals surface area contributed by atoms with Gasteiger partial charge in [-0.15, -0.1) is 22.7 Å². The molecule has 74 valence electrons. The Bertz CT molecular complexity index is 400. The first kappa shape index (κ1) is 10.4. The fourth-order valence-electron chi connectivity index (χ4n) is 1.21. The van der Waals surface area contributed by atoms with E-state index in [9.17, 15) is 5.11 Å². The largest absolute Gasteiger partial charge is 0.382 e. The molecule has 2 rings (SSSR count). The predicted molar refractivity (Wildman–Crippen MR) is 65.1 cm³/mol. The number of halogens is 1. The third-order valence-electron chi connectivity index (χ3n) is 1.96. The first-order valence-electron chi connectivity index (χ1n) is 4.16. The highest BCUT2D eigenvalue weighted by Crippen LogP contribution is 2.35. The van der Waals surface area contributed by atoms with Gasteiger partial charge in [-0.2, -0.15) is 0 Å². The third-order valence-corrected chi connectivity index (χ3v) is 5.07. The number of rotatable bonds is 2. The van der Waals surface area contributed by atoms with Crippen molar-refractivity contribution >= 4 is 38.6 Å². The van der Waals surface area contributed by atoms with Gasteiger partial charge >= 0.3 is 0 Å². The lowest BCUT2D eigenvalue weighted by atomic mass is 10.2. The van der Waals surface area contributed by atoms with Crippen LogP contribution in [-0.2, 0) is 0 Å². The minimum Gasteiger partial charge on any atom is -0.382 e. The summed E-state index contributed by atoms with van der Waals surface area (Å²) in [5.41, 5.74) is 1.18. The molecule has 0 aliphatic rings. The van der Waals surface area contributed by atoms with E-state index in [1.54, 1.807) is 22.7 Å². The first-order valence-corrected chi connectivity index (χ1v) is 6.64. The fraction of sp³-hybridized carbons (Fsp3) is 0.200. The SMILES string of the molecule is Cc1cc(C(O)c2cccs2)sc1Br. The minimum atomic E-state index is -0.468. The van der Waals surface area contributed by atoms with E-state index in [0.29, 0.717) is 0 Å². The molecule has 0 aliphatic heterocycles. The molecule has 4 heteroatoms. The van der Waals surface area contributed by atoms with Crippen molar-refractivity contribution in [3.8, 4) is 0 Å². The Kier molecular flexibility index (Phi) is 3.07. The van der Waals surface area contributed by atoms with Crippen LogP contribution in [0.25, 0.3) is 0 Å². The quantitative estimate of drug-likeness (QED) is 0.887. The zero-order valence-electron chi connectivity index (χ0n) is 7.53. The lowest BCUT2D eigenvalue weighted by molar-refractivity contribution is 0.228. The fourth-order valence-corrected chi connectivity index (χ4v) is 3.58. The molecule has 0 fully saturated rings. The number of aryl methyl sites for hydroxylation is 1. The van der Waals surface area contributed by atoms with Crippen LogP contribution in [-0.4, -0.2) is 5.11 Å². The number of thiophene rings is 2. The summed E-state index contributed by atoms with van der Waals surface area (Å²) in [4.78, 5) is 2.00. The van der Waals surface area contributed by atoms with Crippen molar-refractivity contribution < 1.29 is 5.11 Å². The number of aliphatic hydroxyl groups is 1. The van der Waals surface area contributed by atoms with Gasteiger partial charge in [-0.25, -0.2) is 0 Å². The maximum atomic E-state index is 10.0. The minimum absolute atomic E-state index is 0.468. The summed E-state index contributed by atoms with van der Waals surface area (Å²) in [6, 6.07) is 5.94. The number of hydrogen-bond donors (Lipinski definition) is 1. The number of hydrogen-bond acceptors (Lipinski definition) is 3. The van der Waals surface area contributed by atoms with Gasteiger partial charge in [0.25, 0.3) is 0 Å². The average molecular weight is 289 g/mol. The second kappa shape index (κ2) is 4.14. The standard InChI is InChI=1S/C10H9BrOS2/c1-6-5-8(14-10(6)11)9(12)7-3-2-4-13-7/h2-5,9,12H,1H3. The molecule has 14 heavy (non-hydrogen) atoms. The van der Waals surface area contributed by atoms with E-state index in [1.165, 1.54) is 5.56 Å². The Labute approximate surface area is 99.2 Å². The van der Waals surface area contributed by atoms with Crippen molar-refractivity contribution in [2.24, 2.45) is 0 Å².